The Morgan fingerprint density at radius 2 is 1.83 bits per heavy atom. The van der Waals surface area contributed by atoms with E-state index in [-0.39, 0.29) is 6.04 Å². The molecule has 0 aliphatic carbocycles. The van der Waals surface area contributed by atoms with Gasteiger partial charge in [0.25, 0.3) is 0 Å². The maximum absolute atomic E-state index is 5.56. The Hall–Kier alpha value is -1.83. The van der Waals surface area contributed by atoms with Crippen molar-refractivity contribution in [2.24, 2.45) is 4.99 Å². The van der Waals surface area contributed by atoms with Gasteiger partial charge in [0.2, 0.25) is 0 Å². The third kappa shape index (κ3) is 7.84. The molecule has 1 aliphatic rings. The van der Waals surface area contributed by atoms with E-state index in [2.05, 4.69) is 53.3 Å². The highest BCUT2D eigenvalue weighted by molar-refractivity contribution is 5.79. The second kappa shape index (κ2) is 13.4. The van der Waals surface area contributed by atoms with Gasteiger partial charge >= 0.3 is 0 Å². The van der Waals surface area contributed by atoms with Crippen molar-refractivity contribution in [1.82, 2.24) is 20.4 Å². The quantitative estimate of drug-likeness (QED) is 0.434. The minimum atomic E-state index is 0.225. The summed E-state index contributed by atoms with van der Waals surface area (Å²) in [6.07, 6.45) is 0. The molecule has 1 aromatic rings. The van der Waals surface area contributed by atoms with Gasteiger partial charge < -0.3 is 25.0 Å². The molecule has 1 fully saturated rings. The minimum Gasteiger partial charge on any atom is -0.497 e. The van der Waals surface area contributed by atoms with Gasteiger partial charge in [0.1, 0.15) is 5.75 Å². The van der Waals surface area contributed by atoms with E-state index in [0.29, 0.717) is 6.54 Å². The molecule has 1 atom stereocenters. The van der Waals surface area contributed by atoms with Crippen molar-refractivity contribution in [3.05, 3.63) is 29.8 Å². The number of nitrogens with one attached hydrogen (secondary N) is 2. The molecule has 0 bridgehead atoms. The highest BCUT2D eigenvalue weighted by atomic mass is 16.5. The van der Waals surface area contributed by atoms with Gasteiger partial charge in [-0.05, 0) is 37.7 Å². The molecule has 0 spiro atoms. The first kappa shape index (κ1) is 23.4. The summed E-state index contributed by atoms with van der Waals surface area (Å²) in [5.41, 5.74) is 1.26. The van der Waals surface area contributed by atoms with Gasteiger partial charge in [-0.15, -0.1) is 0 Å². The van der Waals surface area contributed by atoms with E-state index in [9.17, 15) is 0 Å². The molecule has 1 heterocycles. The third-order valence-electron chi connectivity index (χ3n) is 5.37. The third-order valence-corrected chi connectivity index (χ3v) is 5.37. The Balaban J connectivity index is 2.07. The normalized spacial score (nSPS) is 16.7. The predicted octanol–water partition coefficient (Wildman–Crippen LogP) is 1.97. The molecule has 7 nitrogen and oxygen atoms in total. The molecule has 0 aromatic heterocycles. The van der Waals surface area contributed by atoms with Crippen molar-refractivity contribution in [2.75, 3.05) is 72.7 Å². The van der Waals surface area contributed by atoms with Crippen molar-refractivity contribution in [3.8, 4) is 5.75 Å². The number of rotatable bonds is 11. The lowest BCUT2D eigenvalue weighted by atomic mass is 10.0. The van der Waals surface area contributed by atoms with Crippen LogP contribution in [-0.2, 0) is 4.74 Å². The molecular formula is C22H39N5O2. The number of ether oxygens (including phenoxy) is 2. The smallest absolute Gasteiger partial charge is 0.191 e. The number of benzene rings is 1. The standard InChI is InChI=1S/C22H39N5O2/c1-5-23-22(24-12-13-26(6-2)7-3)25-18-21(27-14-16-29-17-15-27)19-8-10-20(28-4)11-9-19/h8-11,21H,5-7,12-18H2,1-4H3,(H2,23,24,25). The monoisotopic (exact) mass is 405 g/mol. The molecule has 0 saturated carbocycles. The maximum atomic E-state index is 5.56. The van der Waals surface area contributed by atoms with Crippen molar-refractivity contribution < 1.29 is 9.47 Å². The lowest BCUT2D eigenvalue weighted by Crippen LogP contribution is -2.43. The Morgan fingerprint density at radius 1 is 1.14 bits per heavy atom. The van der Waals surface area contributed by atoms with Crippen LogP contribution < -0.4 is 15.4 Å². The number of hydrogen-bond acceptors (Lipinski definition) is 5. The zero-order valence-corrected chi connectivity index (χ0v) is 18.6. The van der Waals surface area contributed by atoms with E-state index in [1.54, 1.807) is 7.11 Å². The van der Waals surface area contributed by atoms with Gasteiger partial charge in [0.15, 0.2) is 5.96 Å². The van der Waals surface area contributed by atoms with Gasteiger partial charge in [0.05, 0.1) is 32.9 Å². The van der Waals surface area contributed by atoms with Gasteiger partial charge in [-0.2, -0.15) is 0 Å². The zero-order valence-electron chi connectivity index (χ0n) is 18.6. The van der Waals surface area contributed by atoms with E-state index in [0.717, 1.165) is 70.7 Å². The topological polar surface area (TPSA) is 61.4 Å². The highest BCUT2D eigenvalue weighted by Gasteiger charge is 2.22. The van der Waals surface area contributed by atoms with Crippen LogP contribution in [0.4, 0.5) is 0 Å². The lowest BCUT2D eigenvalue weighted by molar-refractivity contribution is 0.0179. The Morgan fingerprint density at radius 3 is 2.41 bits per heavy atom. The van der Waals surface area contributed by atoms with Crippen LogP contribution >= 0.6 is 0 Å². The number of aliphatic imine (C=N–C) groups is 1. The first-order valence-corrected chi connectivity index (χ1v) is 10.9. The summed E-state index contributed by atoms with van der Waals surface area (Å²) in [7, 11) is 1.70. The number of hydrogen-bond donors (Lipinski definition) is 2. The SMILES string of the molecule is CCNC(=NCC(c1ccc(OC)cc1)N1CCOCC1)NCCN(CC)CC. The van der Waals surface area contributed by atoms with E-state index in [4.69, 9.17) is 14.5 Å². The van der Waals surface area contributed by atoms with Crippen LogP contribution in [0.25, 0.3) is 0 Å². The zero-order chi connectivity index (χ0) is 20.9. The van der Waals surface area contributed by atoms with Crippen LogP contribution in [0.1, 0.15) is 32.4 Å². The van der Waals surface area contributed by atoms with Crippen LogP contribution in [0.3, 0.4) is 0 Å². The number of morpholine rings is 1. The second-order valence-electron chi connectivity index (χ2n) is 7.11. The summed E-state index contributed by atoms with van der Waals surface area (Å²) in [6, 6.07) is 8.58. The number of nitrogens with zero attached hydrogens (tertiary/aromatic N) is 3. The molecule has 1 aliphatic heterocycles. The van der Waals surface area contributed by atoms with E-state index >= 15 is 0 Å². The largest absolute Gasteiger partial charge is 0.497 e. The van der Waals surface area contributed by atoms with Crippen LogP contribution in [-0.4, -0.2) is 88.4 Å². The van der Waals surface area contributed by atoms with Crippen molar-refractivity contribution in [1.29, 1.82) is 0 Å². The average Bonchev–Trinajstić information content (AvgIpc) is 2.78. The molecule has 0 radical (unpaired) electrons. The van der Waals surface area contributed by atoms with Crippen LogP contribution in [0.5, 0.6) is 5.75 Å². The van der Waals surface area contributed by atoms with Crippen LogP contribution in [0.2, 0.25) is 0 Å². The van der Waals surface area contributed by atoms with Gasteiger partial charge in [-0.25, -0.2) is 0 Å². The first-order valence-electron chi connectivity index (χ1n) is 10.9. The summed E-state index contributed by atoms with van der Waals surface area (Å²) in [5.74, 6) is 1.76. The predicted molar refractivity (Wildman–Crippen MR) is 120 cm³/mol. The molecule has 29 heavy (non-hydrogen) atoms. The summed E-state index contributed by atoms with van der Waals surface area (Å²) >= 11 is 0. The minimum absolute atomic E-state index is 0.225. The number of likely N-dealkylation sites (N-methyl/N-ethyl adjacent to an activating group) is 1. The summed E-state index contributed by atoms with van der Waals surface area (Å²) < 4.78 is 10.9. The maximum Gasteiger partial charge on any atom is 0.191 e. The van der Waals surface area contributed by atoms with E-state index < -0.39 is 0 Å². The molecule has 7 heteroatoms. The summed E-state index contributed by atoms with van der Waals surface area (Å²) in [4.78, 5) is 9.79. The average molecular weight is 406 g/mol. The molecule has 2 N–H and O–H groups in total. The van der Waals surface area contributed by atoms with Crippen molar-refractivity contribution in [2.45, 2.75) is 26.8 Å². The summed E-state index contributed by atoms with van der Waals surface area (Å²) in [5, 5.41) is 6.86. The molecular weight excluding hydrogens is 366 g/mol. The fourth-order valence-electron chi connectivity index (χ4n) is 3.54. The molecule has 1 saturated heterocycles. The van der Waals surface area contributed by atoms with Crippen LogP contribution in [0.15, 0.2) is 29.3 Å². The first-order chi connectivity index (χ1) is 14.2. The highest BCUT2D eigenvalue weighted by Crippen LogP contribution is 2.24. The molecule has 1 unspecified atom stereocenters. The van der Waals surface area contributed by atoms with Crippen molar-refractivity contribution in [3.63, 3.8) is 0 Å². The Kier molecular flexibility index (Phi) is 10.8. The van der Waals surface area contributed by atoms with Gasteiger partial charge in [0, 0.05) is 32.7 Å². The van der Waals surface area contributed by atoms with Gasteiger partial charge in [-0.3, -0.25) is 9.89 Å². The molecule has 0 amide bonds. The summed E-state index contributed by atoms with van der Waals surface area (Å²) in [6.45, 7) is 15.5. The second-order valence-corrected chi connectivity index (χ2v) is 7.11. The fourth-order valence-corrected chi connectivity index (χ4v) is 3.54. The lowest BCUT2D eigenvalue weighted by Gasteiger charge is -2.34. The van der Waals surface area contributed by atoms with Gasteiger partial charge in [-0.1, -0.05) is 26.0 Å². The molecule has 2 rings (SSSR count). The molecule has 1 aromatic carbocycles. The van der Waals surface area contributed by atoms with Crippen molar-refractivity contribution >= 4 is 5.96 Å². The molecule has 164 valence electrons. The fraction of sp³-hybridized carbons (Fsp3) is 0.682. The van der Waals surface area contributed by atoms with E-state index in [1.165, 1.54) is 5.56 Å². The van der Waals surface area contributed by atoms with E-state index in [1.807, 2.05) is 12.1 Å². The Labute approximate surface area is 176 Å². The number of guanidine groups is 1. The number of methoxy groups -OCH3 is 1. The Bertz CT molecular complexity index is 583. The van der Waals surface area contributed by atoms with Crippen LogP contribution in [0, 0.1) is 0 Å².